The number of aromatic nitrogens is 4. The van der Waals surface area contributed by atoms with Crippen LogP contribution in [0.4, 0.5) is 0 Å². The van der Waals surface area contributed by atoms with E-state index in [2.05, 4.69) is 15.1 Å². The second-order valence-corrected chi connectivity index (χ2v) is 5.40. The Kier molecular flexibility index (Phi) is 4.13. The summed E-state index contributed by atoms with van der Waals surface area (Å²) in [7, 11) is 0. The van der Waals surface area contributed by atoms with E-state index >= 15 is 0 Å². The molecule has 0 saturated carbocycles. The predicted molar refractivity (Wildman–Crippen MR) is 75.1 cm³/mol. The first-order valence-electron chi connectivity index (χ1n) is 7.18. The van der Waals surface area contributed by atoms with Crippen LogP contribution in [0.5, 0.6) is 0 Å². The van der Waals surface area contributed by atoms with Gasteiger partial charge in [0.05, 0.1) is 19.2 Å². The lowest BCUT2D eigenvalue weighted by atomic mass is 10.2. The van der Waals surface area contributed by atoms with Crippen LogP contribution in [-0.2, 0) is 13.1 Å². The van der Waals surface area contributed by atoms with Crippen LogP contribution in [0.2, 0.25) is 0 Å². The molecule has 1 aliphatic rings. The van der Waals surface area contributed by atoms with Crippen molar-refractivity contribution in [1.82, 2.24) is 24.5 Å². The summed E-state index contributed by atoms with van der Waals surface area (Å²) in [6.07, 6.45) is 9.42. The highest BCUT2D eigenvalue weighted by atomic mass is 16.3. The molecule has 0 radical (unpaired) electrons. The molecule has 0 unspecified atom stereocenters. The first kappa shape index (κ1) is 13.3. The summed E-state index contributed by atoms with van der Waals surface area (Å²) >= 11 is 0. The second kappa shape index (κ2) is 6.19. The summed E-state index contributed by atoms with van der Waals surface area (Å²) in [5, 5.41) is 18.6. The molecular weight excluding hydrogens is 254 g/mol. The van der Waals surface area contributed by atoms with E-state index in [0.717, 1.165) is 13.1 Å². The van der Waals surface area contributed by atoms with Crippen molar-refractivity contribution in [1.29, 1.82) is 0 Å². The van der Waals surface area contributed by atoms with E-state index in [4.69, 9.17) is 0 Å². The van der Waals surface area contributed by atoms with E-state index in [1.54, 1.807) is 10.9 Å². The molecular formula is C14H21N5O. The number of β-amino-alcohol motifs (C(OH)–C–C–N with tert-alkyl or cyclic N) is 1. The second-order valence-electron chi connectivity index (χ2n) is 5.40. The Morgan fingerprint density at radius 2 is 1.85 bits per heavy atom. The van der Waals surface area contributed by atoms with Gasteiger partial charge in [0, 0.05) is 37.4 Å². The Bertz CT molecular complexity index is 496. The van der Waals surface area contributed by atoms with Gasteiger partial charge >= 0.3 is 0 Å². The molecule has 1 saturated heterocycles. The van der Waals surface area contributed by atoms with Crippen molar-refractivity contribution in [2.75, 3.05) is 13.1 Å². The van der Waals surface area contributed by atoms with Crippen LogP contribution >= 0.6 is 0 Å². The highest BCUT2D eigenvalue weighted by molar-refractivity contribution is 4.85. The molecule has 0 aromatic carbocycles. The van der Waals surface area contributed by atoms with E-state index in [1.165, 1.54) is 12.8 Å². The van der Waals surface area contributed by atoms with Gasteiger partial charge in [0.25, 0.3) is 0 Å². The molecule has 2 aromatic heterocycles. The van der Waals surface area contributed by atoms with E-state index in [9.17, 15) is 5.11 Å². The molecule has 1 fully saturated rings. The van der Waals surface area contributed by atoms with Crippen molar-refractivity contribution < 1.29 is 5.11 Å². The lowest BCUT2D eigenvalue weighted by molar-refractivity contribution is 0.0847. The third-order valence-corrected chi connectivity index (χ3v) is 3.86. The Morgan fingerprint density at radius 1 is 1.10 bits per heavy atom. The van der Waals surface area contributed by atoms with E-state index < -0.39 is 0 Å². The minimum atomic E-state index is -0.381. The maximum atomic E-state index is 10.2. The third kappa shape index (κ3) is 3.26. The van der Waals surface area contributed by atoms with Crippen LogP contribution < -0.4 is 0 Å². The van der Waals surface area contributed by atoms with Crippen molar-refractivity contribution in [3.63, 3.8) is 0 Å². The number of likely N-dealkylation sites (tertiary alicyclic amines) is 1. The van der Waals surface area contributed by atoms with Gasteiger partial charge < -0.3 is 5.11 Å². The molecule has 1 N–H and O–H groups in total. The van der Waals surface area contributed by atoms with Gasteiger partial charge in [-0.1, -0.05) is 0 Å². The molecule has 2 aromatic rings. The summed E-state index contributed by atoms with van der Waals surface area (Å²) < 4.78 is 3.76. The monoisotopic (exact) mass is 275 g/mol. The maximum absolute atomic E-state index is 10.2. The van der Waals surface area contributed by atoms with Gasteiger partial charge in [-0.2, -0.15) is 10.2 Å². The van der Waals surface area contributed by atoms with Crippen LogP contribution in [0.25, 0.3) is 0 Å². The highest BCUT2D eigenvalue weighted by Gasteiger charge is 2.26. The van der Waals surface area contributed by atoms with Crippen molar-refractivity contribution in [2.45, 2.75) is 38.1 Å². The number of aliphatic hydroxyl groups is 1. The quantitative estimate of drug-likeness (QED) is 0.839. The lowest BCUT2D eigenvalue weighted by Crippen LogP contribution is -2.40. The SMILES string of the molecule is O[C@@H](CN1CCC[C@@H]1Cn1cccn1)Cn1cccn1. The normalized spacial score (nSPS) is 21.4. The van der Waals surface area contributed by atoms with Gasteiger partial charge in [0.2, 0.25) is 0 Å². The van der Waals surface area contributed by atoms with Gasteiger partial charge in [0.15, 0.2) is 0 Å². The minimum Gasteiger partial charge on any atom is -0.390 e. The zero-order valence-corrected chi connectivity index (χ0v) is 11.5. The fourth-order valence-corrected chi connectivity index (χ4v) is 2.92. The van der Waals surface area contributed by atoms with Crippen molar-refractivity contribution in [3.05, 3.63) is 36.9 Å². The summed E-state index contributed by atoms with van der Waals surface area (Å²) in [4.78, 5) is 2.37. The number of rotatable bonds is 6. The first-order chi connectivity index (χ1) is 9.81. The highest BCUT2D eigenvalue weighted by Crippen LogP contribution is 2.19. The lowest BCUT2D eigenvalue weighted by Gasteiger charge is -2.26. The third-order valence-electron chi connectivity index (χ3n) is 3.86. The molecule has 0 amide bonds. The summed E-state index contributed by atoms with van der Waals surface area (Å²) in [6, 6.07) is 4.30. The molecule has 6 nitrogen and oxygen atoms in total. The van der Waals surface area contributed by atoms with Crippen molar-refractivity contribution in [2.24, 2.45) is 0 Å². The molecule has 3 rings (SSSR count). The van der Waals surface area contributed by atoms with Gasteiger partial charge in [-0.25, -0.2) is 0 Å². The molecule has 108 valence electrons. The minimum absolute atomic E-state index is 0.381. The fraction of sp³-hybridized carbons (Fsp3) is 0.571. The smallest absolute Gasteiger partial charge is 0.0862 e. The molecule has 0 spiro atoms. The molecule has 6 heteroatoms. The van der Waals surface area contributed by atoms with Gasteiger partial charge in [-0.3, -0.25) is 14.3 Å². The van der Waals surface area contributed by atoms with Crippen molar-refractivity contribution >= 4 is 0 Å². The van der Waals surface area contributed by atoms with Crippen molar-refractivity contribution in [3.8, 4) is 0 Å². The number of nitrogens with zero attached hydrogens (tertiary/aromatic N) is 5. The van der Waals surface area contributed by atoms with Crippen LogP contribution in [0, 0.1) is 0 Å². The average Bonchev–Trinajstić information content (AvgIpc) is 3.14. The Morgan fingerprint density at radius 3 is 2.55 bits per heavy atom. The van der Waals surface area contributed by atoms with Gasteiger partial charge in [-0.15, -0.1) is 0 Å². The van der Waals surface area contributed by atoms with Crippen LogP contribution in [-0.4, -0.2) is 54.8 Å². The Hall–Kier alpha value is -1.66. The Balaban J connectivity index is 1.53. The largest absolute Gasteiger partial charge is 0.390 e. The topological polar surface area (TPSA) is 59.1 Å². The predicted octanol–water partition coefficient (Wildman–Crippen LogP) is 0.605. The average molecular weight is 275 g/mol. The Labute approximate surface area is 118 Å². The number of hydrogen-bond acceptors (Lipinski definition) is 4. The summed E-state index contributed by atoms with van der Waals surface area (Å²) in [5.74, 6) is 0. The first-order valence-corrected chi connectivity index (χ1v) is 7.18. The molecule has 0 aliphatic carbocycles. The van der Waals surface area contributed by atoms with Gasteiger partial charge in [-0.05, 0) is 31.5 Å². The van der Waals surface area contributed by atoms with Crippen LogP contribution in [0.15, 0.2) is 36.9 Å². The molecule has 20 heavy (non-hydrogen) atoms. The molecule has 2 atom stereocenters. The van der Waals surface area contributed by atoms with Gasteiger partial charge in [0.1, 0.15) is 0 Å². The van der Waals surface area contributed by atoms with E-state index in [0.29, 0.717) is 19.1 Å². The number of aliphatic hydroxyl groups excluding tert-OH is 1. The van der Waals surface area contributed by atoms with Crippen LogP contribution in [0.1, 0.15) is 12.8 Å². The fourth-order valence-electron chi connectivity index (χ4n) is 2.92. The standard InChI is InChI=1S/C14H21N5O/c20-14(12-19-9-3-6-16-19)11-17-7-1-4-13(17)10-18-8-2-5-15-18/h2-3,5-6,8-9,13-14,20H,1,4,7,10-12H2/t13-,14+/m1/s1. The molecule has 1 aliphatic heterocycles. The zero-order valence-electron chi connectivity index (χ0n) is 11.5. The zero-order chi connectivity index (χ0) is 13.8. The molecule has 0 bridgehead atoms. The van der Waals surface area contributed by atoms with E-state index in [-0.39, 0.29) is 6.10 Å². The van der Waals surface area contributed by atoms with Crippen LogP contribution in [0.3, 0.4) is 0 Å². The summed E-state index contributed by atoms with van der Waals surface area (Å²) in [5.41, 5.74) is 0. The number of hydrogen-bond donors (Lipinski definition) is 1. The summed E-state index contributed by atoms with van der Waals surface area (Å²) in [6.45, 7) is 3.22. The van der Waals surface area contributed by atoms with E-state index in [1.807, 2.05) is 35.4 Å². The molecule has 3 heterocycles. The maximum Gasteiger partial charge on any atom is 0.0862 e.